The third kappa shape index (κ3) is 5.57. The van der Waals surface area contributed by atoms with Crippen LogP contribution in [0.1, 0.15) is 47.8 Å². The summed E-state index contributed by atoms with van der Waals surface area (Å²) in [5.74, 6) is -2.24. The Morgan fingerprint density at radius 3 is 2.53 bits per heavy atom. The Morgan fingerprint density at radius 1 is 1.14 bits per heavy atom. The van der Waals surface area contributed by atoms with E-state index in [0.717, 1.165) is 29.9 Å². The topological polar surface area (TPSA) is 88.1 Å². The van der Waals surface area contributed by atoms with E-state index in [9.17, 15) is 18.4 Å². The molecular formula is C26H28ClF2N5O2. The lowest BCUT2D eigenvalue weighted by Crippen LogP contribution is -2.62. The van der Waals surface area contributed by atoms with Crippen molar-refractivity contribution in [2.24, 2.45) is 0 Å². The van der Waals surface area contributed by atoms with Crippen LogP contribution in [0.25, 0.3) is 5.69 Å². The number of rotatable bonds is 8. The van der Waals surface area contributed by atoms with Gasteiger partial charge in [0.2, 0.25) is 5.91 Å². The molecule has 3 aromatic rings. The van der Waals surface area contributed by atoms with Gasteiger partial charge in [0.15, 0.2) is 0 Å². The number of hydrogen-bond donors (Lipinski definition) is 3. The fourth-order valence-electron chi connectivity index (χ4n) is 4.40. The zero-order valence-electron chi connectivity index (χ0n) is 19.9. The predicted octanol–water partition coefficient (Wildman–Crippen LogP) is 3.92. The Bertz CT molecular complexity index is 1240. The minimum absolute atomic E-state index is 0.119. The summed E-state index contributed by atoms with van der Waals surface area (Å²) in [6, 6.07) is 10.4. The molecule has 0 unspecified atom stereocenters. The number of nitrogens with zero attached hydrogens (tertiary/aromatic N) is 2. The van der Waals surface area contributed by atoms with Crippen molar-refractivity contribution in [1.29, 1.82) is 0 Å². The molecule has 190 valence electrons. The van der Waals surface area contributed by atoms with Gasteiger partial charge >= 0.3 is 0 Å². The fourth-order valence-corrected chi connectivity index (χ4v) is 4.53. The molecule has 2 heterocycles. The van der Waals surface area contributed by atoms with Crippen LogP contribution in [0.3, 0.4) is 0 Å². The van der Waals surface area contributed by atoms with Gasteiger partial charge in [0.25, 0.3) is 5.91 Å². The SMILES string of the molecule is CCCc1c(C(=O)NC2(C(=O)NCc3ccc(F)cc3F)CCNCC2)cnn1-c1ccc(Cl)cc1. The van der Waals surface area contributed by atoms with Gasteiger partial charge in [0.05, 0.1) is 23.1 Å². The van der Waals surface area contributed by atoms with Gasteiger partial charge in [0.1, 0.15) is 17.2 Å². The molecule has 0 atom stereocenters. The van der Waals surface area contributed by atoms with Crippen molar-refractivity contribution in [2.75, 3.05) is 13.1 Å². The van der Waals surface area contributed by atoms with Crippen molar-refractivity contribution in [2.45, 2.75) is 44.7 Å². The van der Waals surface area contributed by atoms with Crippen LogP contribution in [-0.2, 0) is 17.8 Å². The molecule has 1 fully saturated rings. The summed E-state index contributed by atoms with van der Waals surface area (Å²) >= 11 is 6.02. The summed E-state index contributed by atoms with van der Waals surface area (Å²) in [6.45, 7) is 2.96. The summed E-state index contributed by atoms with van der Waals surface area (Å²) < 4.78 is 29.0. The third-order valence-corrected chi connectivity index (χ3v) is 6.62. The first-order chi connectivity index (χ1) is 17.3. The second-order valence-corrected chi connectivity index (χ2v) is 9.28. The van der Waals surface area contributed by atoms with E-state index in [0.29, 0.717) is 42.9 Å². The normalized spacial score (nSPS) is 14.9. The minimum atomic E-state index is -1.18. The molecule has 1 aromatic heterocycles. The maximum absolute atomic E-state index is 14.1. The van der Waals surface area contributed by atoms with Gasteiger partial charge in [-0.3, -0.25) is 9.59 Å². The highest BCUT2D eigenvalue weighted by atomic mass is 35.5. The Balaban J connectivity index is 1.56. The van der Waals surface area contributed by atoms with Crippen molar-refractivity contribution < 1.29 is 18.4 Å². The molecule has 10 heteroatoms. The summed E-state index contributed by atoms with van der Waals surface area (Å²) in [4.78, 5) is 26.8. The van der Waals surface area contributed by atoms with Crippen molar-refractivity contribution >= 4 is 23.4 Å². The lowest BCUT2D eigenvalue weighted by atomic mass is 9.86. The number of carbonyl (C=O) groups is 2. The van der Waals surface area contributed by atoms with Crippen LogP contribution in [0, 0.1) is 11.6 Å². The molecule has 36 heavy (non-hydrogen) atoms. The van der Waals surface area contributed by atoms with E-state index in [1.165, 1.54) is 12.3 Å². The van der Waals surface area contributed by atoms with Gasteiger partial charge in [0, 0.05) is 23.2 Å². The van der Waals surface area contributed by atoms with Crippen molar-refractivity contribution in [3.05, 3.63) is 82.1 Å². The lowest BCUT2D eigenvalue weighted by molar-refractivity contribution is -0.128. The predicted molar refractivity (Wildman–Crippen MR) is 133 cm³/mol. The molecule has 1 aliphatic heterocycles. The first kappa shape index (κ1) is 25.8. The fraction of sp³-hybridized carbons (Fsp3) is 0.346. The van der Waals surface area contributed by atoms with Crippen LogP contribution >= 0.6 is 11.6 Å². The van der Waals surface area contributed by atoms with E-state index in [4.69, 9.17) is 11.6 Å². The summed E-state index contributed by atoms with van der Waals surface area (Å²) in [7, 11) is 0. The van der Waals surface area contributed by atoms with Crippen molar-refractivity contribution in [1.82, 2.24) is 25.7 Å². The molecule has 0 spiro atoms. The monoisotopic (exact) mass is 515 g/mol. The van der Waals surface area contributed by atoms with Gasteiger partial charge in [-0.2, -0.15) is 5.10 Å². The maximum atomic E-state index is 14.1. The van der Waals surface area contributed by atoms with Gasteiger partial charge in [-0.05, 0) is 62.7 Å². The zero-order valence-corrected chi connectivity index (χ0v) is 20.7. The Morgan fingerprint density at radius 2 is 1.86 bits per heavy atom. The summed E-state index contributed by atoms with van der Waals surface area (Å²) in [6.07, 6.45) is 3.64. The molecule has 1 aliphatic rings. The van der Waals surface area contributed by atoms with Crippen molar-refractivity contribution in [3.8, 4) is 5.69 Å². The highest BCUT2D eigenvalue weighted by Crippen LogP contribution is 2.23. The number of halogens is 3. The number of carbonyl (C=O) groups excluding carboxylic acids is 2. The van der Waals surface area contributed by atoms with Gasteiger partial charge in [-0.15, -0.1) is 0 Å². The largest absolute Gasteiger partial charge is 0.350 e. The standard InChI is InChI=1S/C26H28ClF2N5O2/c1-2-3-23-21(16-32-34(23)20-8-5-18(27)6-9-20)24(35)33-26(10-12-30-13-11-26)25(36)31-15-17-4-7-19(28)14-22(17)29/h4-9,14,16,30H,2-3,10-13,15H2,1H3,(H,31,36)(H,33,35). The first-order valence-electron chi connectivity index (χ1n) is 11.9. The smallest absolute Gasteiger partial charge is 0.255 e. The molecular weight excluding hydrogens is 488 g/mol. The third-order valence-electron chi connectivity index (χ3n) is 6.37. The molecule has 0 aliphatic carbocycles. The van der Waals surface area contributed by atoms with E-state index < -0.39 is 29.0 Å². The highest BCUT2D eigenvalue weighted by Gasteiger charge is 2.41. The summed E-state index contributed by atoms with van der Waals surface area (Å²) in [5.41, 5.74) is 0.884. The number of aromatic nitrogens is 2. The lowest BCUT2D eigenvalue weighted by Gasteiger charge is -2.37. The second-order valence-electron chi connectivity index (χ2n) is 8.85. The minimum Gasteiger partial charge on any atom is -0.350 e. The Labute approximate surface area is 213 Å². The Hall–Kier alpha value is -3.30. The molecule has 3 N–H and O–H groups in total. The molecule has 0 radical (unpaired) electrons. The van der Waals surface area contributed by atoms with E-state index in [-0.39, 0.29) is 12.1 Å². The molecule has 2 amide bonds. The quantitative estimate of drug-likeness (QED) is 0.424. The molecule has 0 bridgehead atoms. The molecule has 2 aromatic carbocycles. The van der Waals surface area contributed by atoms with E-state index in [1.54, 1.807) is 16.8 Å². The van der Waals surface area contributed by atoms with Gasteiger partial charge < -0.3 is 16.0 Å². The summed E-state index contributed by atoms with van der Waals surface area (Å²) in [5, 5.41) is 13.9. The highest BCUT2D eigenvalue weighted by molar-refractivity contribution is 6.30. The van der Waals surface area contributed by atoms with Crippen LogP contribution in [-0.4, -0.2) is 40.2 Å². The van der Waals surface area contributed by atoms with E-state index in [1.807, 2.05) is 19.1 Å². The van der Waals surface area contributed by atoms with Gasteiger partial charge in [-0.1, -0.05) is 31.0 Å². The first-order valence-corrected chi connectivity index (χ1v) is 12.3. The maximum Gasteiger partial charge on any atom is 0.255 e. The van der Waals surface area contributed by atoms with E-state index in [2.05, 4.69) is 21.0 Å². The second kappa shape index (κ2) is 11.2. The number of piperidine rings is 1. The van der Waals surface area contributed by atoms with Crippen LogP contribution in [0.5, 0.6) is 0 Å². The van der Waals surface area contributed by atoms with E-state index >= 15 is 0 Å². The van der Waals surface area contributed by atoms with Crippen LogP contribution in [0.4, 0.5) is 8.78 Å². The number of hydrogen-bond acceptors (Lipinski definition) is 4. The van der Waals surface area contributed by atoms with Crippen LogP contribution in [0.2, 0.25) is 5.02 Å². The van der Waals surface area contributed by atoms with Crippen LogP contribution < -0.4 is 16.0 Å². The van der Waals surface area contributed by atoms with Crippen LogP contribution in [0.15, 0.2) is 48.7 Å². The van der Waals surface area contributed by atoms with Crippen molar-refractivity contribution in [3.63, 3.8) is 0 Å². The average molecular weight is 516 g/mol. The Kier molecular flexibility index (Phi) is 8.01. The number of benzene rings is 2. The molecule has 7 nitrogen and oxygen atoms in total. The average Bonchev–Trinajstić information content (AvgIpc) is 3.28. The molecule has 1 saturated heterocycles. The molecule has 4 rings (SSSR count). The number of amides is 2. The number of nitrogens with one attached hydrogen (secondary N) is 3. The van der Waals surface area contributed by atoms with Gasteiger partial charge in [-0.25, -0.2) is 13.5 Å². The zero-order chi connectivity index (χ0) is 25.7. The molecule has 0 saturated carbocycles.